The molecule has 0 N–H and O–H groups in total. The number of para-hydroxylation sites is 2. The minimum atomic E-state index is 0.248. The van der Waals surface area contributed by atoms with E-state index in [0.717, 1.165) is 28.0 Å². The first-order chi connectivity index (χ1) is 12.7. The third-order valence-corrected chi connectivity index (χ3v) is 4.14. The molecule has 4 rings (SSSR count). The van der Waals surface area contributed by atoms with Crippen molar-refractivity contribution in [2.24, 2.45) is 7.05 Å². The van der Waals surface area contributed by atoms with E-state index in [-0.39, 0.29) is 6.61 Å². The van der Waals surface area contributed by atoms with Gasteiger partial charge in [-0.05, 0) is 35.5 Å². The summed E-state index contributed by atoms with van der Waals surface area (Å²) >= 11 is 0. The normalized spacial score (nSPS) is 11.0. The quantitative estimate of drug-likeness (QED) is 0.541. The van der Waals surface area contributed by atoms with Gasteiger partial charge in [-0.3, -0.25) is 4.98 Å². The zero-order valence-electron chi connectivity index (χ0n) is 14.6. The summed E-state index contributed by atoms with van der Waals surface area (Å²) in [6.45, 7) is 2.19. The molecule has 1 aromatic carbocycles. The fraction of sp³-hybridized carbons (Fsp3) is 0.235. The van der Waals surface area contributed by atoms with Gasteiger partial charge in [0.15, 0.2) is 0 Å². The van der Waals surface area contributed by atoms with E-state index >= 15 is 0 Å². The Morgan fingerprint density at radius 1 is 1.15 bits per heavy atom. The molecule has 3 heterocycles. The summed E-state index contributed by atoms with van der Waals surface area (Å²) in [4.78, 5) is 8.95. The molecule has 0 radical (unpaired) electrons. The van der Waals surface area contributed by atoms with Gasteiger partial charge in [0.1, 0.15) is 12.4 Å². The molecule has 3 aromatic heterocycles. The first-order valence-corrected chi connectivity index (χ1v) is 8.00. The van der Waals surface area contributed by atoms with Crippen LogP contribution in [0.5, 0.6) is 11.8 Å². The number of benzene rings is 1. The SMILES string of the molecule is COc1ccnc(COc2nc3ccccc3n2-c2nnnn2C)c1C. The molecule has 0 bridgehead atoms. The van der Waals surface area contributed by atoms with E-state index in [1.54, 1.807) is 29.6 Å². The highest BCUT2D eigenvalue weighted by molar-refractivity contribution is 5.78. The molecular weight excluding hydrogens is 334 g/mol. The minimum Gasteiger partial charge on any atom is -0.496 e. The van der Waals surface area contributed by atoms with Crippen molar-refractivity contribution in [3.8, 4) is 17.7 Å². The lowest BCUT2D eigenvalue weighted by atomic mass is 10.2. The molecule has 9 heteroatoms. The number of fused-ring (bicyclic) bond motifs is 1. The number of nitrogens with zero attached hydrogens (tertiary/aromatic N) is 7. The zero-order chi connectivity index (χ0) is 18.1. The fourth-order valence-electron chi connectivity index (χ4n) is 2.77. The van der Waals surface area contributed by atoms with Crippen LogP contribution in [0.15, 0.2) is 36.5 Å². The smallest absolute Gasteiger partial charge is 0.305 e. The predicted octanol–water partition coefficient (Wildman–Crippen LogP) is 1.84. The highest BCUT2D eigenvalue weighted by Gasteiger charge is 2.18. The Hall–Kier alpha value is -3.49. The van der Waals surface area contributed by atoms with Gasteiger partial charge in [-0.2, -0.15) is 4.98 Å². The van der Waals surface area contributed by atoms with Crippen molar-refractivity contribution in [3.63, 3.8) is 0 Å². The number of aryl methyl sites for hydroxylation is 1. The second-order valence-electron chi connectivity index (χ2n) is 5.69. The van der Waals surface area contributed by atoms with E-state index in [0.29, 0.717) is 12.0 Å². The van der Waals surface area contributed by atoms with Crippen molar-refractivity contribution in [2.75, 3.05) is 7.11 Å². The monoisotopic (exact) mass is 351 g/mol. The largest absolute Gasteiger partial charge is 0.496 e. The molecular formula is C17H17N7O2. The molecule has 26 heavy (non-hydrogen) atoms. The van der Waals surface area contributed by atoms with Crippen LogP contribution >= 0.6 is 0 Å². The van der Waals surface area contributed by atoms with Crippen LogP contribution < -0.4 is 9.47 Å². The first kappa shape index (κ1) is 16.0. The van der Waals surface area contributed by atoms with Gasteiger partial charge < -0.3 is 9.47 Å². The Morgan fingerprint density at radius 2 is 2.00 bits per heavy atom. The van der Waals surface area contributed by atoms with Crippen LogP contribution in [-0.4, -0.2) is 41.9 Å². The maximum absolute atomic E-state index is 5.99. The maximum Gasteiger partial charge on any atom is 0.305 e. The van der Waals surface area contributed by atoms with Gasteiger partial charge in [-0.1, -0.05) is 17.2 Å². The summed E-state index contributed by atoms with van der Waals surface area (Å²) in [5.41, 5.74) is 3.36. The molecule has 0 saturated heterocycles. The zero-order valence-corrected chi connectivity index (χ0v) is 14.6. The molecule has 9 nitrogen and oxygen atoms in total. The van der Waals surface area contributed by atoms with Gasteiger partial charge in [-0.15, -0.1) is 0 Å². The number of methoxy groups -OCH3 is 1. The van der Waals surface area contributed by atoms with Crippen molar-refractivity contribution >= 4 is 11.0 Å². The highest BCUT2D eigenvalue weighted by Crippen LogP contribution is 2.26. The maximum atomic E-state index is 5.99. The summed E-state index contributed by atoms with van der Waals surface area (Å²) in [5, 5.41) is 11.7. The molecule has 0 aliphatic rings. The van der Waals surface area contributed by atoms with Gasteiger partial charge in [0, 0.05) is 18.8 Å². The number of pyridine rings is 1. The predicted molar refractivity (Wildman–Crippen MR) is 93.3 cm³/mol. The number of rotatable bonds is 5. The topological polar surface area (TPSA) is 92.8 Å². The Bertz CT molecular complexity index is 1070. The second kappa shape index (κ2) is 6.43. The molecule has 132 valence electrons. The molecule has 0 spiro atoms. The molecule has 0 aliphatic heterocycles. The number of hydrogen-bond donors (Lipinski definition) is 0. The summed E-state index contributed by atoms with van der Waals surface area (Å²) in [7, 11) is 3.40. The van der Waals surface area contributed by atoms with E-state index in [9.17, 15) is 0 Å². The van der Waals surface area contributed by atoms with Gasteiger partial charge >= 0.3 is 6.01 Å². The van der Waals surface area contributed by atoms with Crippen LogP contribution in [-0.2, 0) is 13.7 Å². The molecule has 0 atom stereocenters. The lowest BCUT2D eigenvalue weighted by Crippen LogP contribution is -2.09. The average molecular weight is 351 g/mol. The van der Waals surface area contributed by atoms with Gasteiger partial charge in [0.2, 0.25) is 0 Å². The fourth-order valence-corrected chi connectivity index (χ4v) is 2.77. The molecule has 0 fully saturated rings. The van der Waals surface area contributed by atoms with Crippen LogP contribution in [0.25, 0.3) is 17.0 Å². The molecule has 0 unspecified atom stereocenters. The van der Waals surface area contributed by atoms with E-state index < -0.39 is 0 Å². The Balaban J connectivity index is 1.74. The molecule has 0 aliphatic carbocycles. The first-order valence-electron chi connectivity index (χ1n) is 8.00. The minimum absolute atomic E-state index is 0.248. The summed E-state index contributed by atoms with van der Waals surface area (Å²) in [6.07, 6.45) is 1.69. The second-order valence-corrected chi connectivity index (χ2v) is 5.69. The van der Waals surface area contributed by atoms with Crippen LogP contribution in [0.2, 0.25) is 0 Å². The van der Waals surface area contributed by atoms with Gasteiger partial charge in [-0.25, -0.2) is 9.25 Å². The summed E-state index contributed by atoms with van der Waals surface area (Å²) in [6, 6.07) is 9.93. The standard InChI is InChI=1S/C17H17N7O2/c1-11-13(18-9-8-15(11)25-3)10-26-17-19-12-6-4-5-7-14(12)24(17)16-20-21-22-23(16)2/h4-9H,10H2,1-3H3. The van der Waals surface area contributed by atoms with Gasteiger partial charge in [0.05, 0.1) is 23.8 Å². The lowest BCUT2D eigenvalue weighted by molar-refractivity contribution is 0.270. The van der Waals surface area contributed by atoms with E-state index in [1.807, 2.05) is 37.3 Å². The van der Waals surface area contributed by atoms with Crippen LogP contribution in [0.1, 0.15) is 11.3 Å². The van der Waals surface area contributed by atoms with E-state index in [2.05, 4.69) is 25.5 Å². The molecule has 0 amide bonds. The molecule has 0 saturated carbocycles. The van der Waals surface area contributed by atoms with Crippen LogP contribution in [0.3, 0.4) is 0 Å². The van der Waals surface area contributed by atoms with Crippen molar-refractivity contribution in [1.82, 2.24) is 34.7 Å². The number of hydrogen-bond acceptors (Lipinski definition) is 7. The third-order valence-electron chi connectivity index (χ3n) is 4.14. The average Bonchev–Trinajstić information content (AvgIpc) is 3.23. The van der Waals surface area contributed by atoms with E-state index in [4.69, 9.17) is 9.47 Å². The van der Waals surface area contributed by atoms with Crippen LogP contribution in [0, 0.1) is 6.92 Å². The van der Waals surface area contributed by atoms with Crippen molar-refractivity contribution in [2.45, 2.75) is 13.5 Å². The molecule has 4 aromatic rings. The number of aromatic nitrogens is 7. The summed E-state index contributed by atoms with van der Waals surface area (Å²) in [5.74, 6) is 1.29. The third kappa shape index (κ3) is 2.63. The van der Waals surface area contributed by atoms with Gasteiger partial charge in [0.25, 0.3) is 5.95 Å². The number of imidazole rings is 1. The highest BCUT2D eigenvalue weighted by atomic mass is 16.5. The van der Waals surface area contributed by atoms with Crippen LogP contribution in [0.4, 0.5) is 0 Å². The Labute approximate surface area is 149 Å². The van der Waals surface area contributed by atoms with Crippen molar-refractivity contribution in [3.05, 3.63) is 47.8 Å². The van der Waals surface area contributed by atoms with Crippen molar-refractivity contribution < 1.29 is 9.47 Å². The lowest BCUT2D eigenvalue weighted by Gasteiger charge is -2.11. The van der Waals surface area contributed by atoms with E-state index in [1.165, 1.54) is 0 Å². The summed E-state index contributed by atoms with van der Waals surface area (Å²) < 4.78 is 14.7. The van der Waals surface area contributed by atoms with Crippen molar-refractivity contribution in [1.29, 1.82) is 0 Å². The Kier molecular flexibility index (Phi) is 3.96. The Morgan fingerprint density at radius 3 is 2.77 bits per heavy atom. The number of tetrazole rings is 1. The number of ether oxygens (including phenoxy) is 2.